The van der Waals surface area contributed by atoms with E-state index in [1.54, 1.807) is 31.4 Å². The van der Waals surface area contributed by atoms with E-state index in [9.17, 15) is 14.3 Å². The molecule has 0 bridgehead atoms. The number of rotatable bonds is 6. The van der Waals surface area contributed by atoms with Gasteiger partial charge in [-0.05, 0) is 29.8 Å². The van der Waals surface area contributed by atoms with E-state index >= 15 is 0 Å². The molecular formula is C21H23FN2O3. The van der Waals surface area contributed by atoms with Crippen molar-refractivity contribution in [2.45, 2.75) is 6.54 Å². The lowest BCUT2D eigenvalue weighted by atomic mass is 10.0. The summed E-state index contributed by atoms with van der Waals surface area (Å²) < 4.78 is 18.3. The highest BCUT2D eigenvalue weighted by Gasteiger charge is 2.17. The second-order valence-corrected chi connectivity index (χ2v) is 6.46. The molecule has 0 radical (unpaired) electrons. The molecule has 2 N–H and O–H groups in total. The minimum atomic E-state index is -0.330. The highest BCUT2D eigenvalue weighted by atomic mass is 19.1. The van der Waals surface area contributed by atoms with Gasteiger partial charge in [-0.15, -0.1) is 0 Å². The van der Waals surface area contributed by atoms with Gasteiger partial charge in [0.25, 0.3) is 0 Å². The lowest BCUT2D eigenvalue weighted by Crippen LogP contribution is -2.42. The zero-order valence-corrected chi connectivity index (χ0v) is 15.2. The van der Waals surface area contributed by atoms with Crippen LogP contribution in [0.15, 0.2) is 42.5 Å². The van der Waals surface area contributed by atoms with E-state index in [1.807, 2.05) is 0 Å². The first kappa shape index (κ1) is 19.1. The van der Waals surface area contributed by atoms with Gasteiger partial charge in [-0.2, -0.15) is 0 Å². The van der Waals surface area contributed by atoms with Crippen molar-refractivity contribution in [2.75, 3.05) is 33.3 Å². The molecule has 6 heteroatoms. The zero-order chi connectivity index (χ0) is 19.2. The number of halogens is 1. The van der Waals surface area contributed by atoms with Crippen LogP contribution in [0, 0.1) is 5.82 Å². The van der Waals surface area contributed by atoms with Crippen LogP contribution in [0.3, 0.4) is 0 Å². The molecule has 1 fully saturated rings. The van der Waals surface area contributed by atoms with Gasteiger partial charge in [-0.1, -0.05) is 18.2 Å². The van der Waals surface area contributed by atoms with Crippen molar-refractivity contribution in [2.24, 2.45) is 0 Å². The smallest absolute Gasteiger partial charge is 0.189 e. The molecule has 3 rings (SSSR count). The number of phenolic OH excluding ortho intramolecular Hbond substituents is 1. The van der Waals surface area contributed by atoms with Crippen LogP contribution in [0.5, 0.6) is 11.5 Å². The van der Waals surface area contributed by atoms with Gasteiger partial charge in [0.2, 0.25) is 0 Å². The normalized spacial score (nSPS) is 15.2. The van der Waals surface area contributed by atoms with Gasteiger partial charge >= 0.3 is 0 Å². The summed E-state index contributed by atoms with van der Waals surface area (Å²) in [6.07, 6.45) is 2.98. The fourth-order valence-electron chi connectivity index (χ4n) is 3.07. The Kier molecular flexibility index (Phi) is 6.21. The highest BCUT2D eigenvalue weighted by Crippen LogP contribution is 2.30. The highest BCUT2D eigenvalue weighted by molar-refractivity contribution is 6.08. The van der Waals surface area contributed by atoms with Crippen LogP contribution in [0.1, 0.15) is 21.5 Å². The number of ketones is 1. The number of ether oxygens (including phenoxy) is 1. The van der Waals surface area contributed by atoms with E-state index in [4.69, 9.17) is 4.74 Å². The van der Waals surface area contributed by atoms with E-state index < -0.39 is 0 Å². The molecule has 0 aliphatic carbocycles. The monoisotopic (exact) mass is 370 g/mol. The summed E-state index contributed by atoms with van der Waals surface area (Å²) in [5.74, 6) is -0.209. The molecule has 1 aliphatic rings. The third-order valence-electron chi connectivity index (χ3n) is 4.56. The van der Waals surface area contributed by atoms with Crippen LogP contribution in [0.25, 0.3) is 6.08 Å². The van der Waals surface area contributed by atoms with Gasteiger partial charge in [0.05, 0.1) is 12.7 Å². The van der Waals surface area contributed by atoms with Crippen molar-refractivity contribution in [3.8, 4) is 11.5 Å². The average molecular weight is 370 g/mol. The second-order valence-electron chi connectivity index (χ2n) is 6.46. The van der Waals surface area contributed by atoms with Crippen molar-refractivity contribution in [1.82, 2.24) is 10.2 Å². The molecule has 5 nitrogen and oxygen atoms in total. The third kappa shape index (κ3) is 4.93. The number of hydrogen-bond donors (Lipinski definition) is 2. The number of aromatic hydroxyl groups is 1. The molecular weight excluding hydrogens is 347 g/mol. The zero-order valence-electron chi connectivity index (χ0n) is 15.2. The minimum absolute atomic E-state index is 0.121. The van der Waals surface area contributed by atoms with Gasteiger partial charge in [-0.3, -0.25) is 9.69 Å². The molecule has 0 aromatic heterocycles. The van der Waals surface area contributed by atoms with Crippen LogP contribution in [0.2, 0.25) is 0 Å². The number of nitrogens with one attached hydrogen (secondary N) is 1. The maximum Gasteiger partial charge on any atom is 0.189 e. The molecule has 0 atom stereocenters. The van der Waals surface area contributed by atoms with E-state index in [-0.39, 0.29) is 22.9 Å². The Morgan fingerprint density at radius 2 is 1.96 bits per heavy atom. The maximum absolute atomic E-state index is 13.0. The lowest BCUT2D eigenvalue weighted by Gasteiger charge is -2.28. The summed E-state index contributed by atoms with van der Waals surface area (Å²) in [7, 11) is 1.55. The number of phenols is 1. The van der Waals surface area contributed by atoms with Gasteiger partial charge in [0, 0.05) is 44.4 Å². The summed E-state index contributed by atoms with van der Waals surface area (Å²) in [4.78, 5) is 14.8. The second kappa shape index (κ2) is 8.79. The molecule has 2 aromatic rings. The quantitative estimate of drug-likeness (QED) is 0.605. The van der Waals surface area contributed by atoms with Gasteiger partial charge in [-0.25, -0.2) is 4.39 Å². The summed E-state index contributed by atoms with van der Waals surface area (Å²) in [6, 6.07) is 9.01. The van der Waals surface area contributed by atoms with Gasteiger partial charge in [0.1, 0.15) is 17.3 Å². The first-order chi connectivity index (χ1) is 13.1. The number of benzene rings is 2. The number of carbonyl (C=O) groups excluding carboxylic acids is 1. The molecule has 0 saturated carbocycles. The van der Waals surface area contributed by atoms with Gasteiger partial charge < -0.3 is 15.2 Å². The number of hydrogen-bond acceptors (Lipinski definition) is 5. The van der Waals surface area contributed by atoms with Gasteiger partial charge in [0.15, 0.2) is 5.78 Å². The standard InChI is InChI=1S/C21H23FN2O3/c1-27-21-13-20(26)18(12-16(21)14-24-10-8-23-9-11-24)19(25)7-4-15-2-5-17(22)6-3-15/h2-7,12-13,23,26H,8-11,14H2,1H3/b7-4+. The van der Waals surface area contributed by atoms with E-state index in [2.05, 4.69) is 10.2 Å². The van der Waals surface area contributed by atoms with Crippen molar-refractivity contribution in [3.63, 3.8) is 0 Å². The molecule has 0 unspecified atom stereocenters. The minimum Gasteiger partial charge on any atom is -0.507 e. The summed E-state index contributed by atoms with van der Waals surface area (Å²) in [5.41, 5.74) is 1.79. The Balaban J connectivity index is 1.81. The van der Waals surface area contributed by atoms with Crippen molar-refractivity contribution in [3.05, 3.63) is 65.0 Å². The molecule has 0 amide bonds. The first-order valence-electron chi connectivity index (χ1n) is 8.88. The number of allylic oxidation sites excluding steroid dienone is 1. The summed E-state index contributed by atoms with van der Waals surface area (Å²) >= 11 is 0. The molecule has 1 saturated heterocycles. The topological polar surface area (TPSA) is 61.8 Å². The van der Waals surface area contributed by atoms with E-state index in [0.717, 1.165) is 31.7 Å². The fourth-order valence-corrected chi connectivity index (χ4v) is 3.07. The number of carbonyl (C=O) groups is 1. The van der Waals surface area contributed by atoms with Crippen LogP contribution in [-0.2, 0) is 6.54 Å². The predicted octanol–water partition coefficient (Wildman–Crippen LogP) is 2.84. The Labute approximate surface area is 158 Å². The molecule has 142 valence electrons. The molecule has 0 spiro atoms. The number of nitrogens with zero attached hydrogens (tertiary/aromatic N) is 1. The molecule has 27 heavy (non-hydrogen) atoms. The Morgan fingerprint density at radius 3 is 2.63 bits per heavy atom. The van der Waals surface area contributed by atoms with Crippen LogP contribution in [0.4, 0.5) is 4.39 Å². The van der Waals surface area contributed by atoms with Crippen LogP contribution >= 0.6 is 0 Å². The average Bonchev–Trinajstić information content (AvgIpc) is 2.69. The summed E-state index contributed by atoms with van der Waals surface area (Å²) in [5, 5.41) is 13.6. The SMILES string of the molecule is COc1cc(O)c(C(=O)/C=C/c2ccc(F)cc2)cc1CN1CCNCC1. The maximum atomic E-state index is 13.0. The van der Waals surface area contributed by atoms with E-state index in [1.165, 1.54) is 24.3 Å². The molecule has 2 aromatic carbocycles. The van der Waals surface area contributed by atoms with Crippen molar-refractivity contribution < 1.29 is 19.0 Å². The summed E-state index contributed by atoms with van der Waals surface area (Å²) in [6.45, 7) is 4.32. The first-order valence-corrected chi connectivity index (χ1v) is 8.88. The molecule has 1 heterocycles. The lowest BCUT2D eigenvalue weighted by molar-refractivity contribution is 0.104. The largest absolute Gasteiger partial charge is 0.507 e. The van der Waals surface area contributed by atoms with Crippen LogP contribution < -0.4 is 10.1 Å². The van der Waals surface area contributed by atoms with E-state index in [0.29, 0.717) is 17.9 Å². The Hall–Kier alpha value is -2.70. The number of methoxy groups -OCH3 is 1. The predicted molar refractivity (Wildman–Crippen MR) is 103 cm³/mol. The molecule has 1 aliphatic heterocycles. The third-order valence-corrected chi connectivity index (χ3v) is 4.56. The van der Waals surface area contributed by atoms with Crippen molar-refractivity contribution >= 4 is 11.9 Å². The number of piperazine rings is 1. The van der Waals surface area contributed by atoms with Crippen molar-refractivity contribution in [1.29, 1.82) is 0 Å². The Morgan fingerprint density at radius 1 is 1.26 bits per heavy atom. The Bertz CT molecular complexity index is 828. The van der Waals surface area contributed by atoms with Crippen LogP contribution in [-0.4, -0.2) is 49.1 Å². The fraction of sp³-hybridized carbons (Fsp3) is 0.286.